The third-order valence-corrected chi connectivity index (χ3v) is 5.57. The van der Waals surface area contributed by atoms with Gasteiger partial charge in [0.25, 0.3) is 0 Å². The highest BCUT2D eigenvalue weighted by Gasteiger charge is 2.26. The second kappa shape index (κ2) is 11.0. The van der Waals surface area contributed by atoms with Crippen molar-refractivity contribution in [1.29, 1.82) is 0 Å². The summed E-state index contributed by atoms with van der Waals surface area (Å²) in [6.07, 6.45) is 1.83. The van der Waals surface area contributed by atoms with E-state index >= 15 is 0 Å². The van der Waals surface area contributed by atoms with Crippen LogP contribution in [0.2, 0.25) is 0 Å². The van der Waals surface area contributed by atoms with Gasteiger partial charge in [0.15, 0.2) is 0 Å². The lowest BCUT2D eigenvalue weighted by Gasteiger charge is -2.36. The van der Waals surface area contributed by atoms with Crippen molar-refractivity contribution < 1.29 is 24.2 Å². The molecule has 3 rings (SSSR count). The van der Waals surface area contributed by atoms with E-state index in [4.69, 9.17) is 14.6 Å². The van der Waals surface area contributed by atoms with E-state index in [-0.39, 0.29) is 12.5 Å². The molecule has 1 aliphatic rings. The molecule has 1 N–H and O–H groups in total. The van der Waals surface area contributed by atoms with Gasteiger partial charge in [-0.05, 0) is 48.9 Å². The van der Waals surface area contributed by atoms with E-state index in [0.29, 0.717) is 12.5 Å². The van der Waals surface area contributed by atoms with Crippen LogP contribution < -0.4 is 4.74 Å². The lowest BCUT2D eigenvalue weighted by molar-refractivity contribution is -0.165. The molecule has 1 fully saturated rings. The number of likely N-dealkylation sites (tertiary alicyclic amines) is 1. The Bertz CT molecular complexity index is 862. The fourth-order valence-corrected chi connectivity index (χ4v) is 4.12. The third-order valence-electron chi connectivity index (χ3n) is 5.57. The average Bonchev–Trinajstić information content (AvgIpc) is 2.75. The summed E-state index contributed by atoms with van der Waals surface area (Å²) in [6.45, 7) is 7.75. The molecule has 0 radical (unpaired) electrons. The van der Waals surface area contributed by atoms with Crippen LogP contribution in [0, 0.1) is 18.8 Å². The molecule has 0 bridgehead atoms. The summed E-state index contributed by atoms with van der Waals surface area (Å²) in [5.74, 6) is -1.20. The smallest absolute Gasteiger partial charge is 0.417 e. The van der Waals surface area contributed by atoms with Crippen LogP contribution in [0.25, 0.3) is 11.1 Å². The van der Waals surface area contributed by atoms with E-state index in [1.807, 2.05) is 12.1 Å². The molecule has 6 nitrogen and oxygen atoms in total. The second-order valence-corrected chi connectivity index (χ2v) is 8.46. The minimum atomic E-state index is -1.54. The molecular formula is C25H31NO5. The Labute approximate surface area is 183 Å². The van der Waals surface area contributed by atoms with Gasteiger partial charge in [-0.25, -0.2) is 9.59 Å². The molecule has 1 saturated heterocycles. The van der Waals surface area contributed by atoms with Gasteiger partial charge in [-0.1, -0.05) is 48.9 Å². The Morgan fingerprint density at radius 1 is 1.03 bits per heavy atom. The molecule has 0 saturated carbocycles. The van der Waals surface area contributed by atoms with E-state index in [9.17, 15) is 9.59 Å². The Kier molecular flexibility index (Phi) is 8.06. The quantitative estimate of drug-likeness (QED) is 0.391. The largest absolute Gasteiger partial charge is 0.494 e. The number of hydrogen-bond donors (Lipinski definition) is 1. The maximum Gasteiger partial charge on any atom is 0.417 e. The molecule has 0 aliphatic carbocycles. The predicted molar refractivity (Wildman–Crippen MR) is 119 cm³/mol. The van der Waals surface area contributed by atoms with E-state index < -0.39 is 11.9 Å². The van der Waals surface area contributed by atoms with Crippen molar-refractivity contribution in [1.82, 2.24) is 4.90 Å². The van der Waals surface area contributed by atoms with Crippen molar-refractivity contribution in [2.75, 3.05) is 32.8 Å². The zero-order valence-electron chi connectivity index (χ0n) is 18.3. The number of piperidine rings is 1. The molecule has 6 heteroatoms. The highest BCUT2D eigenvalue weighted by atomic mass is 16.6. The number of aliphatic carboxylic acids is 1. The summed E-state index contributed by atoms with van der Waals surface area (Å²) in [4.78, 5) is 24.1. The lowest BCUT2D eigenvalue weighted by atomic mass is 9.91. The van der Waals surface area contributed by atoms with Gasteiger partial charge in [0.1, 0.15) is 5.75 Å². The molecule has 0 unspecified atom stereocenters. The van der Waals surface area contributed by atoms with Gasteiger partial charge in [0.05, 0.1) is 13.2 Å². The van der Waals surface area contributed by atoms with Crippen molar-refractivity contribution in [2.24, 2.45) is 11.8 Å². The molecule has 166 valence electrons. The lowest BCUT2D eigenvalue weighted by Crippen LogP contribution is -2.42. The van der Waals surface area contributed by atoms with Crippen LogP contribution in [-0.4, -0.2) is 54.8 Å². The number of esters is 1. The summed E-state index contributed by atoms with van der Waals surface area (Å²) in [5.41, 5.74) is 3.61. The maximum atomic E-state index is 11.2. The number of carbonyl (C=O) groups is 2. The van der Waals surface area contributed by atoms with Gasteiger partial charge in [-0.15, -0.1) is 0 Å². The molecule has 2 atom stereocenters. The number of carboxylic acid groups (broad SMARTS) is 1. The maximum absolute atomic E-state index is 11.2. The fourth-order valence-electron chi connectivity index (χ4n) is 4.12. The Morgan fingerprint density at radius 3 is 2.32 bits per heavy atom. The minimum Gasteiger partial charge on any atom is -0.494 e. The van der Waals surface area contributed by atoms with Crippen molar-refractivity contribution in [3.8, 4) is 16.9 Å². The number of hydrogen-bond acceptors (Lipinski definition) is 5. The van der Waals surface area contributed by atoms with Crippen molar-refractivity contribution >= 4 is 11.9 Å². The molecule has 2 aromatic rings. The molecule has 1 heterocycles. The SMILES string of the molecule is Cc1ccc(-c2ccc(OCCCN3C[C@@H](C)C[C@H](COC(=O)C(=O)O)C3)cc2)cc1. The van der Waals surface area contributed by atoms with Gasteiger partial charge in [0, 0.05) is 25.6 Å². The van der Waals surface area contributed by atoms with Crippen LogP contribution in [0.3, 0.4) is 0 Å². The van der Waals surface area contributed by atoms with Crippen LogP contribution in [-0.2, 0) is 14.3 Å². The fraction of sp³-hybridized carbons (Fsp3) is 0.440. The highest BCUT2D eigenvalue weighted by molar-refractivity contribution is 6.28. The van der Waals surface area contributed by atoms with Crippen LogP contribution in [0.15, 0.2) is 48.5 Å². The van der Waals surface area contributed by atoms with E-state index in [2.05, 4.69) is 55.1 Å². The first kappa shape index (κ1) is 22.8. The van der Waals surface area contributed by atoms with Crippen LogP contribution in [0.1, 0.15) is 25.3 Å². The van der Waals surface area contributed by atoms with Gasteiger partial charge < -0.3 is 19.5 Å². The number of carboxylic acids is 1. The summed E-state index contributed by atoms with van der Waals surface area (Å²) in [6, 6.07) is 16.6. The first-order valence-corrected chi connectivity index (χ1v) is 10.8. The second-order valence-electron chi connectivity index (χ2n) is 8.46. The third kappa shape index (κ3) is 7.10. The average molecular weight is 426 g/mol. The van der Waals surface area contributed by atoms with Crippen molar-refractivity contribution in [3.63, 3.8) is 0 Å². The summed E-state index contributed by atoms with van der Waals surface area (Å²) in [7, 11) is 0. The van der Waals surface area contributed by atoms with Crippen LogP contribution in [0.5, 0.6) is 5.75 Å². The molecule has 31 heavy (non-hydrogen) atoms. The topological polar surface area (TPSA) is 76.1 Å². The number of nitrogens with zero attached hydrogens (tertiary/aromatic N) is 1. The van der Waals surface area contributed by atoms with Crippen LogP contribution >= 0.6 is 0 Å². The van der Waals surface area contributed by atoms with E-state index in [0.717, 1.165) is 38.2 Å². The molecule has 2 aromatic carbocycles. The normalized spacial score (nSPS) is 19.0. The zero-order chi connectivity index (χ0) is 22.2. The summed E-state index contributed by atoms with van der Waals surface area (Å²) >= 11 is 0. The van der Waals surface area contributed by atoms with Gasteiger partial charge >= 0.3 is 11.9 Å². The minimum absolute atomic E-state index is 0.163. The first-order chi connectivity index (χ1) is 14.9. The summed E-state index contributed by atoms with van der Waals surface area (Å²) in [5, 5.41) is 8.64. The highest BCUT2D eigenvalue weighted by Crippen LogP contribution is 2.24. The number of carbonyl (C=O) groups excluding carboxylic acids is 1. The zero-order valence-corrected chi connectivity index (χ0v) is 18.3. The molecular weight excluding hydrogens is 394 g/mol. The first-order valence-electron chi connectivity index (χ1n) is 10.8. The van der Waals surface area contributed by atoms with Crippen molar-refractivity contribution in [2.45, 2.75) is 26.7 Å². The predicted octanol–water partition coefficient (Wildman–Crippen LogP) is 4.02. The van der Waals surface area contributed by atoms with Crippen molar-refractivity contribution in [3.05, 3.63) is 54.1 Å². The molecule has 0 amide bonds. The number of ether oxygens (including phenoxy) is 2. The Morgan fingerprint density at radius 2 is 1.68 bits per heavy atom. The van der Waals surface area contributed by atoms with Gasteiger partial charge in [-0.3, -0.25) is 0 Å². The van der Waals surface area contributed by atoms with Gasteiger partial charge in [-0.2, -0.15) is 0 Å². The number of rotatable bonds is 8. The molecule has 1 aliphatic heterocycles. The monoisotopic (exact) mass is 425 g/mol. The number of aryl methyl sites for hydroxylation is 1. The number of benzene rings is 2. The summed E-state index contributed by atoms with van der Waals surface area (Å²) < 4.78 is 10.8. The standard InChI is InChI=1S/C25H31NO5/c1-18-4-6-21(7-5-18)22-8-10-23(11-9-22)30-13-3-12-26-15-19(2)14-20(16-26)17-31-25(29)24(27)28/h4-11,19-20H,3,12-17H2,1-2H3,(H,27,28)/t19-,20-/m0/s1. The van der Waals surface area contributed by atoms with E-state index in [1.54, 1.807) is 0 Å². The van der Waals surface area contributed by atoms with Gasteiger partial charge in [0.2, 0.25) is 0 Å². The Balaban J connectivity index is 1.40. The van der Waals surface area contributed by atoms with E-state index in [1.165, 1.54) is 16.7 Å². The molecule has 0 spiro atoms. The van der Waals surface area contributed by atoms with Crippen LogP contribution in [0.4, 0.5) is 0 Å². The molecule has 0 aromatic heterocycles. The Hall–Kier alpha value is -2.86.